The van der Waals surface area contributed by atoms with Crippen LogP contribution in [-0.2, 0) is 0 Å². The predicted octanol–water partition coefficient (Wildman–Crippen LogP) is 1.28. The summed E-state index contributed by atoms with van der Waals surface area (Å²) in [6.07, 6.45) is 1.33. The fourth-order valence-corrected chi connectivity index (χ4v) is 2.29. The first-order valence-corrected chi connectivity index (χ1v) is 6.17. The lowest BCUT2D eigenvalue weighted by Gasteiger charge is -2.39. The summed E-state index contributed by atoms with van der Waals surface area (Å²) < 4.78 is 0. The van der Waals surface area contributed by atoms with E-state index >= 15 is 0 Å². The highest BCUT2D eigenvalue weighted by molar-refractivity contribution is 5.41. The number of likely N-dealkylation sites (N-methyl/N-ethyl adjacent to an activating group) is 1. The van der Waals surface area contributed by atoms with E-state index in [1.54, 1.807) is 13.1 Å². The van der Waals surface area contributed by atoms with Gasteiger partial charge in [0.15, 0.2) is 0 Å². The van der Waals surface area contributed by atoms with E-state index in [0.717, 1.165) is 31.0 Å². The number of aliphatic hydroxyl groups excluding tert-OH is 1. The van der Waals surface area contributed by atoms with Crippen molar-refractivity contribution in [3.8, 4) is 0 Å². The topological polar surface area (TPSA) is 39.6 Å². The summed E-state index contributed by atoms with van der Waals surface area (Å²) in [5.41, 5.74) is 0.871. The molecule has 0 radical (unpaired) electrons. The Balaban J connectivity index is 2.11. The van der Waals surface area contributed by atoms with Gasteiger partial charge in [-0.15, -0.1) is 0 Å². The third-order valence-corrected chi connectivity index (χ3v) is 3.38. The van der Waals surface area contributed by atoms with Crippen LogP contribution in [0.5, 0.6) is 0 Å². The van der Waals surface area contributed by atoms with Gasteiger partial charge in [0.05, 0.1) is 6.10 Å². The zero-order chi connectivity index (χ0) is 12.4. The monoisotopic (exact) mass is 235 g/mol. The second-order valence-corrected chi connectivity index (χ2v) is 4.93. The molecule has 4 heteroatoms. The van der Waals surface area contributed by atoms with Gasteiger partial charge in [-0.25, -0.2) is 4.98 Å². The SMILES string of the molecule is CC(O)c1ccc(N2CCN(C)CC2C)nc1. The maximum Gasteiger partial charge on any atom is 0.128 e. The molecule has 1 N–H and O–H groups in total. The molecule has 1 aromatic rings. The maximum atomic E-state index is 9.45. The normalized spacial score (nSPS) is 23.8. The Labute approximate surface area is 103 Å². The molecule has 2 heterocycles. The van der Waals surface area contributed by atoms with Crippen LogP contribution in [0, 0.1) is 0 Å². The summed E-state index contributed by atoms with van der Waals surface area (Å²) in [7, 11) is 2.15. The lowest BCUT2D eigenvalue weighted by molar-refractivity contribution is 0.199. The van der Waals surface area contributed by atoms with Gasteiger partial charge in [0.2, 0.25) is 0 Å². The Hall–Kier alpha value is -1.13. The summed E-state index contributed by atoms with van der Waals surface area (Å²) in [6, 6.07) is 4.45. The largest absolute Gasteiger partial charge is 0.389 e. The number of hydrogen-bond donors (Lipinski definition) is 1. The minimum Gasteiger partial charge on any atom is -0.389 e. The van der Waals surface area contributed by atoms with Crippen molar-refractivity contribution in [3.05, 3.63) is 23.9 Å². The molecule has 2 rings (SSSR count). The third kappa shape index (κ3) is 2.76. The molecule has 2 unspecified atom stereocenters. The van der Waals surface area contributed by atoms with E-state index in [1.165, 1.54) is 0 Å². The van der Waals surface area contributed by atoms with Gasteiger partial charge in [-0.1, -0.05) is 6.07 Å². The summed E-state index contributed by atoms with van der Waals surface area (Å²) in [5, 5.41) is 9.45. The molecule has 1 aliphatic rings. The van der Waals surface area contributed by atoms with Crippen molar-refractivity contribution in [1.82, 2.24) is 9.88 Å². The van der Waals surface area contributed by atoms with Crippen molar-refractivity contribution < 1.29 is 5.11 Å². The van der Waals surface area contributed by atoms with Crippen molar-refractivity contribution in [2.24, 2.45) is 0 Å². The average molecular weight is 235 g/mol. The highest BCUT2D eigenvalue weighted by atomic mass is 16.3. The number of aliphatic hydroxyl groups is 1. The Bertz CT molecular complexity index is 363. The molecule has 0 aliphatic carbocycles. The average Bonchev–Trinajstić information content (AvgIpc) is 2.29. The molecule has 94 valence electrons. The van der Waals surface area contributed by atoms with E-state index < -0.39 is 6.10 Å². The van der Waals surface area contributed by atoms with Crippen LogP contribution in [0.25, 0.3) is 0 Å². The zero-order valence-electron chi connectivity index (χ0n) is 10.8. The smallest absolute Gasteiger partial charge is 0.128 e. The molecule has 0 aromatic carbocycles. The van der Waals surface area contributed by atoms with Crippen molar-refractivity contribution in [2.45, 2.75) is 26.0 Å². The minimum atomic E-state index is -0.443. The molecule has 1 saturated heterocycles. The van der Waals surface area contributed by atoms with Crippen LogP contribution in [-0.4, -0.2) is 47.7 Å². The number of anilines is 1. The molecule has 0 amide bonds. The summed E-state index contributed by atoms with van der Waals surface area (Å²) in [5.74, 6) is 1.01. The van der Waals surface area contributed by atoms with Gasteiger partial charge in [-0.2, -0.15) is 0 Å². The summed E-state index contributed by atoms with van der Waals surface area (Å²) >= 11 is 0. The molecular formula is C13H21N3O. The zero-order valence-corrected chi connectivity index (χ0v) is 10.8. The fraction of sp³-hybridized carbons (Fsp3) is 0.615. The van der Waals surface area contributed by atoms with E-state index in [4.69, 9.17) is 0 Å². The second kappa shape index (κ2) is 5.02. The van der Waals surface area contributed by atoms with Crippen molar-refractivity contribution in [3.63, 3.8) is 0 Å². The molecule has 1 fully saturated rings. The van der Waals surface area contributed by atoms with Crippen molar-refractivity contribution >= 4 is 5.82 Å². The first-order valence-electron chi connectivity index (χ1n) is 6.17. The van der Waals surface area contributed by atoms with Crippen LogP contribution >= 0.6 is 0 Å². The molecular weight excluding hydrogens is 214 g/mol. The summed E-state index contributed by atoms with van der Waals surface area (Å²) in [4.78, 5) is 9.11. The fourth-order valence-electron chi connectivity index (χ4n) is 2.29. The number of pyridine rings is 1. The van der Waals surface area contributed by atoms with E-state index in [9.17, 15) is 5.11 Å². The Morgan fingerprint density at radius 3 is 2.71 bits per heavy atom. The van der Waals surface area contributed by atoms with Crippen LogP contribution in [0.3, 0.4) is 0 Å². The molecule has 0 saturated carbocycles. The minimum absolute atomic E-state index is 0.443. The van der Waals surface area contributed by atoms with Crippen LogP contribution in [0.4, 0.5) is 5.82 Å². The Kier molecular flexibility index (Phi) is 3.64. The first-order chi connectivity index (χ1) is 8.08. The summed E-state index contributed by atoms with van der Waals surface area (Å²) in [6.45, 7) is 7.14. The van der Waals surface area contributed by atoms with E-state index in [0.29, 0.717) is 6.04 Å². The number of rotatable bonds is 2. The molecule has 2 atom stereocenters. The highest BCUT2D eigenvalue weighted by Crippen LogP contribution is 2.19. The second-order valence-electron chi connectivity index (χ2n) is 4.93. The van der Waals surface area contributed by atoms with E-state index in [2.05, 4.69) is 28.8 Å². The predicted molar refractivity (Wildman–Crippen MR) is 69.2 cm³/mol. The van der Waals surface area contributed by atoms with Crippen molar-refractivity contribution in [2.75, 3.05) is 31.6 Å². The van der Waals surface area contributed by atoms with E-state index in [-0.39, 0.29) is 0 Å². The highest BCUT2D eigenvalue weighted by Gasteiger charge is 2.22. The quantitative estimate of drug-likeness (QED) is 0.838. The number of aromatic nitrogens is 1. The third-order valence-electron chi connectivity index (χ3n) is 3.38. The van der Waals surface area contributed by atoms with Gasteiger partial charge in [-0.05, 0) is 32.5 Å². The number of nitrogens with zero attached hydrogens (tertiary/aromatic N) is 3. The maximum absolute atomic E-state index is 9.45. The molecule has 1 aliphatic heterocycles. The van der Waals surface area contributed by atoms with Gasteiger partial charge in [-0.3, -0.25) is 0 Å². The Morgan fingerprint density at radius 1 is 1.41 bits per heavy atom. The van der Waals surface area contributed by atoms with Crippen LogP contribution in [0.15, 0.2) is 18.3 Å². The Morgan fingerprint density at radius 2 is 2.18 bits per heavy atom. The molecule has 17 heavy (non-hydrogen) atoms. The molecule has 0 spiro atoms. The number of hydrogen-bond acceptors (Lipinski definition) is 4. The van der Waals surface area contributed by atoms with Gasteiger partial charge in [0, 0.05) is 31.9 Å². The molecule has 4 nitrogen and oxygen atoms in total. The van der Waals surface area contributed by atoms with Gasteiger partial charge in [0.1, 0.15) is 5.82 Å². The van der Waals surface area contributed by atoms with Crippen LogP contribution < -0.4 is 4.90 Å². The van der Waals surface area contributed by atoms with E-state index in [1.807, 2.05) is 12.1 Å². The lowest BCUT2D eigenvalue weighted by atomic mass is 10.1. The molecule has 1 aromatic heterocycles. The molecule has 0 bridgehead atoms. The van der Waals surface area contributed by atoms with Crippen LogP contribution in [0.2, 0.25) is 0 Å². The van der Waals surface area contributed by atoms with Crippen LogP contribution in [0.1, 0.15) is 25.5 Å². The van der Waals surface area contributed by atoms with Gasteiger partial charge in [0.25, 0.3) is 0 Å². The van der Waals surface area contributed by atoms with Gasteiger partial charge >= 0.3 is 0 Å². The first kappa shape index (κ1) is 12.3. The van der Waals surface area contributed by atoms with Gasteiger partial charge < -0.3 is 14.9 Å². The lowest BCUT2D eigenvalue weighted by Crippen LogP contribution is -2.50. The standard InChI is InChI=1S/C13H21N3O/c1-10-9-15(3)6-7-16(10)13-5-4-12(8-14-13)11(2)17/h4-5,8,10-11,17H,6-7,9H2,1-3H3. The number of piperazine rings is 1. The van der Waals surface area contributed by atoms with Crippen molar-refractivity contribution in [1.29, 1.82) is 0 Å².